The van der Waals surface area contributed by atoms with Crippen molar-refractivity contribution in [2.75, 3.05) is 39.2 Å². The van der Waals surface area contributed by atoms with Crippen LogP contribution in [0.25, 0.3) is 0 Å². The van der Waals surface area contributed by atoms with Gasteiger partial charge in [-0.1, -0.05) is 0 Å². The van der Waals surface area contributed by atoms with Crippen molar-refractivity contribution >= 4 is 17.3 Å². The Balaban J connectivity index is 2.98. The van der Waals surface area contributed by atoms with Gasteiger partial charge in [-0.3, -0.25) is 14.9 Å². The zero-order valence-corrected chi connectivity index (χ0v) is 11.9. The first kappa shape index (κ1) is 15.9. The minimum Gasteiger partial charge on any atom is -0.383 e. The molecule has 0 spiro atoms. The normalized spacial score (nSPS) is 10.2. The molecule has 0 fully saturated rings. The molecule has 0 heterocycles. The summed E-state index contributed by atoms with van der Waals surface area (Å²) in [7, 11) is 3.23. The van der Waals surface area contributed by atoms with Crippen LogP contribution >= 0.6 is 0 Å². The van der Waals surface area contributed by atoms with Crippen LogP contribution in [0.4, 0.5) is 11.4 Å². The van der Waals surface area contributed by atoms with Crippen molar-refractivity contribution in [1.29, 1.82) is 0 Å². The standard InChI is InChI=1S/C13H19N3O4/c1-4-14-11-9-10(5-6-12(11)16(18)19)13(17)15(2)7-8-20-3/h5-6,9,14H,4,7-8H2,1-3H3. The van der Waals surface area contributed by atoms with Gasteiger partial charge in [0.15, 0.2) is 0 Å². The zero-order valence-electron chi connectivity index (χ0n) is 11.9. The largest absolute Gasteiger partial charge is 0.383 e. The molecule has 7 nitrogen and oxygen atoms in total. The van der Waals surface area contributed by atoms with E-state index in [1.165, 1.54) is 23.1 Å². The highest BCUT2D eigenvalue weighted by atomic mass is 16.6. The Labute approximate surface area is 117 Å². The Bertz CT molecular complexity index is 491. The first-order chi connectivity index (χ1) is 9.51. The average molecular weight is 281 g/mol. The summed E-state index contributed by atoms with van der Waals surface area (Å²) in [6.45, 7) is 3.28. The minimum atomic E-state index is -0.471. The average Bonchev–Trinajstić information content (AvgIpc) is 2.43. The van der Waals surface area contributed by atoms with Crippen molar-refractivity contribution < 1.29 is 14.5 Å². The molecule has 0 aliphatic rings. The summed E-state index contributed by atoms with van der Waals surface area (Å²) in [6.07, 6.45) is 0. The quantitative estimate of drug-likeness (QED) is 0.608. The molecule has 0 aliphatic heterocycles. The number of nitrogens with zero attached hydrogens (tertiary/aromatic N) is 2. The lowest BCUT2D eigenvalue weighted by molar-refractivity contribution is -0.384. The molecule has 110 valence electrons. The fraction of sp³-hybridized carbons (Fsp3) is 0.462. The molecule has 0 atom stereocenters. The van der Waals surface area contributed by atoms with E-state index in [4.69, 9.17) is 4.74 Å². The second-order valence-electron chi connectivity index (χ2n) is 4.24. The van der Waals surface area contributed by atoms with E-state index in [-0.39, 0.29) is 11.6 Å². The summed E-state index contributed by atoms with van der Waals surface area (Å²) in [5.74, 6) is -0.198. The van der Waals surface area contributed by atoms with Crippen LogP contribution in [0.5, 0.6) is 0 Å². The molecule has 0 radical (unpaired) electrons. The highest BCUT2D eigenvalue weighted by Crippen LogP contribution is 2.25. The van der Waals surface area contributed by atoms with Crippen LogP contribution in [0.15, 0.2) is 18.2 Å². The summed E-state index contributed by atoms with van der Waals surface area (Å²) in [5, 5.41) is 13.8. The van der Waals surface area contributed by atoms with Crippen LogP contribution in [-0.2, 0) is 4.74 Å². The summed E-state index contributed by atoms with van der Waals surface area (Å²) >= 11 is 0. The fourth-order valence-corrected chi connectivity index (χ4v) is 1.71. The van der Waals surface area contributed by atoms with Crippen LogP contribution in [0.2, 0.25) is 0 Å². The third-order valence-electron chi connectivity index (χ3n) is 2.78. The van der Waals surface area contributed by atoms with Gasteiger partial charge < -0.3 is 15.0 Å². The number of carbonyl (C=O) groups excluding carboxylic acids is 1. The number of ether oxygens (including phenoxy) is 1. The molecule has 7 heteroatoms. The summed E-state index contributed by atoms with van der Waals surface area (Å²) in [4.78, 5) is 24.1. The van der Waals surface area contributed by atoms with E-state index >= 15 is 0 Å². The smallest absolute Gasteiger partial charge is 0.292 e. The fourth-order valence-electron chi connectivity index (χ4n) is 1.71. The summed E-state index contributed by atoms with van der Waals surface area (Å²) in [5.41, 5.74) is 0.719. The lowest BCUT2D eigenvalue weighted by Gasteiger charge is -2.17. The third-order valence-corrected chi connectivity index (χ3v) is 2.78. The molecular weight excluding hydrogens is 262 g/mol. The van der Waals surface area contributed by atoms with Gasteiger partial charge in [0.1, 0.15) is 5.69 Å². The molecule has 1 amide bonds. The van der Waals surface area contributed by atoms with Gasteiger partial charge in [-0.05, 0) is 19.1 Å². The van der Waals surface area contributed by atoms with E-state index in [2.05, 4.69) is 5.32 Å². The Hall–Kier alpha value is -2.15. The number of nitro benzene ring substituents is 1. The van der Waals surface area contributed by atoms with Gasteiger partial charge in [-0.25, -0.2) is 0 Å². The van der Waals surface area contributed by atoms with E-state index < -0.39 is 4.92 Å². The van der Waals surface area contributed by atoms with Crippen molar-refractivity contribution in [1.82, 2.24) is 4.90 Å². The number of benzene rings is 1. The predicted molar refractivity (Wildman–Crippen MR) is 76.1 cm³/mol. The van der Waals surface area contributed by atoms with Crippen LogP contribution in [0.3, 0.4) is 0 Å². The van der Waals surface area contributed by atoms with E-state index in [1.54, 1.807) is 14.2 Å². The molecule has 1 aromatic rings. The number of rotatable bonds is 7. The SMILES string of the molecule is CCNc1cc(C(=O)N(C)CCOC)ccc1[N+](=O)[O-]. The lowest BCUT2D eigenvalue weighted by Crippen LogP contribution is -2.30. The predicted octanol–water partition coefficient (Wildman–Crippen LogP) is 1.74. The topological polar surface area (TPSA) is 84.7 Å². The van der Waals surface area contributed by atoms with E-state index in [0.717, 1.165) is 0 Å². The number of nitrogens with one attached hydrogen (secondary N) is 1. The minimum absolute atomic E-state index is 0.0389. The molecule has 20 heavy (non-hydrogen) atoms. The van der Waals surface area contributed by atoms with Crippen LogP contribution in [-0.4, -0.2) is 49.6 Å². The molecule has 0 aromatic heterocycles. The second-order valence-corrected chi connectivity index (χ2v) is 4.24. The van der Waals surface area contributed by atoms with Gasteiger partial charge in [-0.2, -0.15) is 0 Å². The highest BCUT2D eigenvalue weighted by molar-refractivity contribution is 5.95. The Morgan fingerprint density at radius 2 is 2.20 bits per heavy atom. The van der Waals surface area contributed by atoms with Gasteiger partial charge in [-0.15, -0.1) is 0 Å². The first-order valence-electron chi connectivity index (χ1n) is 6.28. The number of anilines is 1. The Kier molecular flexibility index (Phi) is 5.92. The molecule has 1 N–H and O–H groups in total. The number of hydrogen-bond donors (Lipinski definition) is 1. The molecule has 0 saturated heterocycles. The van der Waals surface area contributed by atoms with E-state index in [1.807, 2.05) is 6.92 Å². The maximum Gasteiger partial charge on any atom is 0.292 e. The van der Waals surface area contributed by atoms with Crippen LogP contribution in [0, 0.1) is 10.1 Å². The van der Waals surface area contributed by atoms with E-state index in [0.29, 0.717) is 30.9 Å². The van der Waals surface area contributed by atoms with E-state index in [9.17, 15) is 14.9 Å². The van der Waals surface area contributed by atoms with Crippen molar-refractivity contribution in [2.24, 2.45) is 0 Å². The molecule has 1 rings (SSSR count). The van der Waals surface area contributed by atoms with Crippen molar-refractivity contribution in [3.8, 4) is 0 Å². The highest BCUT2D eigenvalue weighted by Gasteiger charge is 2.18. The molecular formula is C13H19N3O4. The number of likely N-dealkylation sites (N-methyl/N-ethyl adjacent to an activating group) is 1. The zero-order chi connectivity index (χ0) is 15.1. The molecule has 0 bridgehead atoms. The molecule has 0 aliphatic carbocycles. The molecule has 0 unspecified atom stereocenters. The van der Waals surface area contributed by atoms with Gasteiger partial charge in [0, 0.05) is 38.9 Å². The maximum absolute atomic E-state index is 12.2. The summed E-state index contributed by atoms with van der Waals surface area (Å²) < 4.78 is 4.92. The number of hydrogen-bond acceptors (Lipinski definition) is 5. The Morgan fingerprint density at radius 1 is 1.50 bits per heavy atom. The third kappa shape index (κ3) is 3.92. The number of nitro groups is 1. The number of carbonyl (C=O) groups is 1. The number of methoxy groups -OCH3 is 1. The van der Waals surface area contributed by atoms with Crippen LogP contribution in [0.1, 0.15) is 17.3 Å². The monoisotopic (exact) mass is 281 g/mol. The Morgan fingerprint density at radius 3 is 2.75 bits per heavy atom. The van der Waals surface area contributed by atoms with Gasteiger partial charge >= 0.3 is 0 Å². The second kappa shape index (κ2) is 7.44. The van der Waals surface area contributed by atoms with Gasteiger partial charge in [0.2, 0.25) is 0 Å². The molecule has 0 saturated carbocycles. The first-order valence-corrected chi connectivity index (χ1v) is 6.28. The van der Waals surface area contributed by atoms with Crippen molar-refractivity contribution in [3.63, 3.8) is 0 Å². The van der Waals surface area contributed by atoms with Crippen molar-refractivity contribution in [3.05, 3.63) is 33.9 Å². The summed E-state index contributed by atoms with van der Waals surface area (Å²) in [6, 6.07) is 4.31. The van der Waals surface area contributed by atoms with Crippen molar-refractivity contribution in [2.45, 2.75) is 6.92 Å². The van der Waals surface area contributed by atoms with Crippen LogP contribution < -0.4 is 5.32 Å². The number of amides is 1. The lowest BCUT2D eigenvalue weighted by atomic mass is 10.1. The molecule has 1 aromatic carbocycles. The van der Waals surface area contributed by atoms with Gasteiger partial charge in [0.05, 0.1) is 11.5 Å². The van der Waals surface area contributed by atoms with Gasteiger partial charge in [0.25, 0.3) is 11.6 Å². The maximum atomic E-state index is 12.2.